The van der Waals surface area contributed by atoms with Crippen LogP contribution in [0.15, 0.2) is 24.8 Å². The summed E-state index contributed by atoms with van der Waals surface area (Å²) < 4.78 is 49.2. The van der Waals surface area contributed by atoms with Gasteiger partial charge >= 0.3 is 0 Å². The molecule has 6 rings (SSSR count). The van der Waals surface area contributed by atoms with E-state index in [1.807, 2.05) is 13.8 Å². The summed E-state index contributed by atoms with van der Waals surface area (Å²) in [5.41, 5.74) is -1.98. The Hall–Kier alpha value is -1.52. The number of ketones is 2. The average molecular weight is 777 g/mol. The first-order valence-corrected chi connectivity index (χ1v) is 21.3. The molecule has 0 aromatic carbocycles. The Morgan fingerprint density at radius 2 is 1.09 bits per heavy atom. The van der Waals surface area contributed by atoms with E-state index in [2.05, 4.69) is 41.5 Å². The number of aliphatic hydroxyl groups excluding tert-OH is 1. The van der Waals surface area contributed by atoms with E-state index < -0.39 is 16.9 Å². The Bertz CT molecular complexity index is 1440. The third-order valence-corrected chi connectivity index (χ3v) is 18.0. The second-order valence-electron chi connectivity index (χ2n) is 20.1. The molecule has 0 saturated heterocycles. The van der Waals surface area contributed by atoms with Crippen molar-refractivity contribution in [1.29, 1.82) is 0 Å². The van der Waals surface area contributed by atoms with Crippen molar-refractivity contribution >= 4 is 11.6 Å². The van der Waals surface area contributed by atoms with Crippen molar-refractivity contribution in [2.45, 2.75) is 157 Å². The molecule has 0 aromatic heterocycles. The molecule has 0 aliphatic heterocycles. The van der Waals surface area contributed by atoms with Crippen molar-refractivity contribution in [1.82, 2.24) is 0 Å². The van der Waals surface area contributed by atoms with E-state index in [9.17, 15) is 23.5 Å². The molecule has 4 unspecified atom stereocenters. The van der Waals surface area contributed by atoms with Gasteiger partial charge in [0.05, 0.1) is 37.1 Å². The van der Waals surface area contributed by atoms with Gasteiger partial charge in [0.15, 0.2) is 0 Å². The predicted molar refractivity (Wildman–Crippen MR) is 211 cm³/mol. The SMILES string of the molecule is COCO[C@@H]1C[C@@](C)(CC=CF)C(=O)[C@H](C)C23CC[C@@H](C)[C@]1(C)C2[C@H](OC)CC3.CO[C@@H]1CCC23CC[C@@H](C)[C@](C)(C12)[C@H](O)C[C@@](C)(CC=CF)C(=O)[C@@H]3C. The summed E-state index contributed by atoms with van der Waals surface area (Å²) in [5.74, 6) is 1.55. The van der Waals surface area contributed by atoms with Gasteiger partial charge in [-0.15, -0.1) is 0 Å². The van der Waals surface area contributed by atoms with E-state index >= 15 is 0 Å². The van der Waals surface area contributed by atoms with Crippen molar-refractivity contribution in [3.63, 3.8) is 0 Å². The van der Waals surface area contributed by atoms with Gasteiger partial charge in [-0.2, -0.15) is 0 Å². The van der Waals surface area contributed by atoms with Crippen LogP contribution in [0.25, 0.3) is 0 Å². The molecule has 0 heterocycles. The maximum atomic E-state index is 13.9. The van der Waals surface area contributed by atoms with Crippen LogP contribution >= 0.6 is 0 Å². The van der Waals surface area contributed by atoms with Crippen molar-refractivity contribution < 1.29 is 42.4 Å². The highest BCUT2D eigenvalue weighted by Gasteiger charge is 2.69. The number of allylic oxidation sites excluding steroid dienone is 2. The maximum absolute atomic E-state index is 13.9. The fourth-order valence-corrected chi connectivity index (χ4v) is 14.4. The summed E-state index contributed by atoms with van der Waals surface area (Å²) >= 11 is 0. The molecule has 4 bridgehead atoms. The summed E-state index contributed by atoms with van der Waals surface area (Å²) in [6, 6.07) is 0. The smallest absolute Gasteiger partial charge is 0.146 e. The van der Waals surface area contributed by atoms with Gasteiger partial charge in [0, 0.05) is 54.8 Å². The number of ether oxygens (including phenoxy) is 4. The summed E-state index contributed by atoms with van der Waals surface area (Å²) in [6.45, 7) is 17.4. The Morgan fingerprint density at radius 1 is 0.673 bits per heavy atom. The molecule has 1 N–H and O–H groups in total. The Labute approximate surface area is 331 Å². The van der Waals surface area contributed by atoms with Crippen LogP contribution in [0.3, 0.4) is 0 Å². The van der Waals surface area contributed by atoms with Gasteiger partial charge in [-0.3, -0.25) is 9.59 Å². The Morgan fingerprint density at radius 3 is 1.53 bits per heavy atom. The van der Waals surface area contributed by atoms with Crippen LogP contribution in [-0.2, 0) is 28.5 Å². The molecule has 0 amide bonds. The molecule has 0 aromatic rings. The number of halogens is 2. The predicted octanol–water partition coefficient (Wildman–Crippen LogP) is 9.99. The molecule has 55 heavy (non-hydrogen) atoms. The minimum atomic E-state index is -0.719. The van der Waals surface area contributed by atoms with Gasteiger partial charge in [-0.1, -0.05) is 67.5 Å². The van der Waals surface area contributed by atoms with Gasteiger partial charge < -0.3 is 24.1 Å². The quantitative estimate of drug-likeness (QED) is 0.233. The number of methoxy groups -OCH3 is 3. The van der Waals surface area contributed by atoms with Crippen molar-refractivity contribution in [3.8, 4) is 0 Å². The Kier molecular flexibility index (Phi) is 13.5. The van der Waals surface area contributed by atoms with Crippen LogP contribution < -0.4 is 0 Å². The Balaban J connectivity index is 0.000000212. The lowest BCUT2D eigenvalue weighted by Gasteiger charge is -2.62. The van der Waals surface area contributed by atoms with Crippen molar-refractivity contribution in [2.75, 3.05) is 28.1 Å². The molecular formula is C46H74F2O7. The van der Waals surface area contributed by atoms with Crippen LogP contribution in [0.2, 0.25) is 0 Å². The summed E-state index contributed by atoms with van der Waals surface area (Å²) in [6.07, 6.45) is 13.4. The van der Waals surface area contributed by atoms with Crippen molar-refractivity contribution in [2.24, 2.45) is 68.0 Å². The van der Waals surface area contributed by atoms with Crippen LogP contribution in [0.5, 0.6) is 0 Å². The summed E-state index contributed by atoms with van der Waals surface area (Å²) in [5, 5.41) is 11.4. The van der Waals surface area contributed by atoms with Crippen molar-refractivity contribution in [3.05, 3.63) is 24.8 Å². The topological polar surface area (TPSA) is 91.3 Å². The van der Waals surface area contributed by atoms with E-state index in [4.69, 9.17) is 18.9 Å². The molecule has 7 nitrogen and oxygen atoms in total. The van der Waals surface area contributed by atoms with E-state index in [1.165, 1.54) is 12.2 Å². The lowest BCUT2D eigenvalue weighted by molar-refractivity contribution is -0.219. The van der Waals surface area contributed by atoms with Crippen LogP contribution in [0, 0.1) is 68.0 Å². The third kappa shape index (κ3) is 6.97. The van der Waals surface area contributed by atoms with E-state index in [0.29, 0.717) is 50.2 Å². The zero-order chi connectivity index (χ0) is 40.8. The van der Waals surface area contributed by atoms with Gasteiger partial charge in [-0.25, -0.2) is 8.78 Å². The molecule has 0 spiro atoms. The molecule has 314 valence electrons. The zero-order valence-electron chi connectivity index (χ0n) is 35.9. The number of carbonyl (C=O) groups is 2. The first kappa shape index (κ1) is 44.6. The van der Waals surface area contributed by atoms with Gasteiger partial charge in [0.2, 0.25) is 0 Å². The maximum Gasteiger partial charge on any atom is 0.146 e. The largest absolute Gasteiger partial charge is 0.393 e. The molecule has 16 atom stereocenters. The number of aliphatic hydroxyl groups is 1. The standard InChI is InChI=1S/C24H39FO4.C22H35FO3/c1-16-8-11-24-12-9-18(28-6)20(24)23(16,4)19(29-15-27-5)14-22(3,10-7-13-25)21(26)17(24)2;1-14-7-10-22-11-8-16(26-5)18(22)21(14,4)17(24)13-20(3,9-6-12-23)19(25)15(22)2/h7,13,16-20H,8-12,14-15H2,1-6H3;6,12,14-18,24H,7-11,13H2,1-5H3/t16-,17+,18-,19-,20?,22-,23+,24?;14-,15+,16-,17-,18?,20-,21+,22?/m11/s1. The normalized spacial score (nSPS) is 49.8. The number of carbonyl (C=O) groups excluding carboxylic acids is 2. The summed E-state index contributed by atoms with van der Waals surface area (Å²) in [4.78, 5) is 27.5. The van der Waals surface area contributed by atoms with Crippen LogP contribution in [0.4, 0.5) is 8.78 Å². The average Bonchev–Trinajstić information content (AvgIpc) is 3.77. The number of rotatable bonds is 9. The molecule has 6 fully saturated rings. The van der Waals surface area contributed by atoms with Crippen LogP contribution in [-0.4, -0.2) is 69.2 Å². The van der Waals surface area contributed by atoms with Gasteiger partial charge in [0.1, 0.15) is 18.4 Å². The number of Topliss-reactive ketones (excluding diaryl/α,β-unsaturated/α-hetero) is 2. The van der Waals surface area contributed by atoms with Crippen LogP contribution in [0.1, 0.15) is 132 Å². The minimum absolute atomic E-state index is 0.0686. The van der Waals surface area contributed by atoms with Gasteiger partial charge in [-0.05, 0) is 112 Å². The molecule has 9 heteroatoms. The zero-order valence-corrected chi connectivity index (χ0v) is 35.9. The molecular weight excluding hydrogens is 702 g/mol. The minimum Gasteiger partial charge on any atom is -0.393 e. The first-order valence-electron chi connectivity index (χ1n) is 21.3. The summed E-state index contributed by atoms with van der Waals surface area (Å²) in [7, 11) is 5.20. The lowest BCUT2D eigenvalue weighted by Crippen LogP contribution is -2.62. The van der Waals surface area contributed by atoms with E-state index in [-0.39, 0.29) is 82.0 Å². The number of hydrogen-bond acceptors (Lipinski definition) is 7. The molecule has 6 saturated carbocycles. The number of hydrogen-bond donors (Lipinski definition) is 1. The second-order valence-corrected chi connectivity index (χ2v) is 20.1. The highest BCUT2D eigenvalue weighted by molar-refractivity contribution is 5.88. The van der Waals surface area contributed by atoms with E-state index in [1.54, 1.807) is 21.3 Å². The van der Waals surface area contributed by atoms with Gasteiger partial charge in [0.25, 0.3) is 0 Å². The monoisotopic (exact) mass is 777 g/mol. The molecule has 0 radical (unpaired) electrons. The first-order chi connectivity index (χ1) is 25.9. The molecule has 6 aliphatic rings. The fraction of sp³-hybridized carbons (Fsp3) is 0.870. The second kappa shape index (κ2) is 16.6. The fourth-order valence-electron chi connectivity index (χ4n) is 14.4. The highest BCUT2D eigenvalue weighted by Crippen LogP contribution is 2.70. The lowest BCUT2D eigenvalue weighted by atomic mass is 9.43. The van der Waals surface area contributed by atoms with E-state index in [0.717, 1.165) is 51.4 Å². The third-order valence-electron chi connectivity index (χ3n) is 18.0. The highest BCUT2D eigenvalue weighted by atomic mass is 19.1. The molecule has 6 aliphatic carbocycles.